The molecule has 24 nitrogen and oxygen atoms in total. The van der Waals surface area contributed by atoms with E-state index in [2.05, 4.69) is 38.3 Å². The summed E-state index contributed by atoms with van der Waals surface area (Å²) in [6.45, 7) is 22.7. The van der Waals surface area contributed by atoms with Crippen LogP contribution in [0.3, 0.4) is 0 Å². The number of aliphatic hydroxyl groups is 5. The number of carbonyl (C=O) groups is 8. The number of allylic oxidation sites excluding steroid dienone is 2. The average molecular weight is 1310 g/mol. The van der Waals surface area contributed by atoms with Gasteiger partial charge in [0.25, 0.3) is 11.8 Å². The van der Waals surface area contributed by atoms with Gasteiger partial charge in [0.1, 0.15) is 48.7 Å². The number of hydrogen-bond donors (Lipinski definition) is 8. The lowest BCUT2D eigenvalue weighted by atomic mass is 9.33. The predicted molar refractivity (Wildman–Crippen MR) is 330 cm³/mol. The number of carboxylic acids is 1. The van der Waals surface area contributed by atoms with Crippen molar-refractivity contribution >= 4 is 47.4 Å². The van der Waals surface area contributed by atoms with Crippen molar-refractivity contribution in [3.63, 3.8) is 0 Å². The minimum atomic E-state index is -2.20. The molecule has 24 heteroatoms. The highest BCUT2D eigenvalue weighted by atomic mass is 16.8. The number of aliphatic carboxylic acids is 1. The van der Waals surface area contributed by atoms with E-state index in [1.807, 2.05) is 54.5 Å². The van der Waals surface area contributed by atoms with E-state index in [4.69, 9.17) is 37.9 Å². The first kappa shape index (κ1) is 74.7. The molecule has 0 radical (unpaired) electrons. The van der Waals surface area contributed by atoms with Gasteiger partial charge in [0.15, 0.2) is 30.6 Å². The van der Waals surface area contributed by atoms with Crippen LogP contribution in [0, 0.1) is 50.2 Å². The van der Waals surface area contributed by atoms with Crippen molar-refractivity contribution in [2.45, 2.75) is 291 Å². The number of carboxylic acid groups (broad SMARTS) is 1. The lowest BCUT2D eigenvalue weighted by Gasteiger charge is -2.70. The maximum absolute atomic E-state index is 15.3. The standard InChI is InChI=1S/C68H108N2O22/c1-12-16-32-85-45(72)22-20-40(58(81)87-34-18-14-3)69-56(79)52-48(75)47(74)51(78)60(90-52)92-54-50(77)49(76)53(57(80)70-41(59(82)88-35-19-15-4)21-23-46(73)86-33-17-13-2)91-61(54)89-44-25-26-66(9)43(63(44,5)6)24-27-68(11)55(66)42(71)36-38-39-37-65(8,62(83)84)29-28-64(39,7)30-31-67(38,68)10/h36,39-41,43-44,47-55,60-61,74-78H,12-35,37H2,1-11H3,(H,69,79)(H,70,80)(H,83,84)/t39?,40?,41?,43?,44?,47-,48-,49-,50-,51+,52-,53-,54+,55?,60-,61+,64+,65-,66-,67+,68+/m0/s1. The highest BCUT2D eigenvalue weighted by molar-refractivity contribution is 5.96. The Morgan fingerprint density at radius 2 is 1.08 bits per heavy atom. The second-order valence-corrected chi connectivity index (χ2v) is 29.3. The predicted octanol–water partition coefficient (Wildman–Crippen LogP) is 5.98. The van der Waals surface area contributed by atoms with E-state index in [1.165, 1.54) is 0 Å². The molecule has 2 aliphatic heterocycles. The summed E-state index contributed by atoms with van der Waals surface area (Å²) in [5.74, 6) is -6.94. The van der Waals surface area contributed by atoms with Crippen molar-refractivity contribution in [1.29, 1.82) is 0 Å². The van der Waals surface area contributed by atoms with Gasteiger partial charge in [-0.15, -0.1) is 0 Å². The van der Waals surface area contributed by atoms with Crippen LogP contribution in [0.5, 0.6) is 0 Å². The largest absolute Gasteiger partial charge is 0.481 e. The third-order valence-electron chi connectivity index (χ3n) is 22.7. The monoisotopic (exact) mass is 1300 g/mol. The number of ether oxygens (including phenoxy) is 8. The molecule has 21 atom stereocenters. The minimum absolute atomic E-state index is 0.000473. The van der Waals surface area contributed by atoms with Crippen LogP contribution in [0.1, 0.15) is 211 Å². The highest BCUT2D eigenvalue weighted by Gasteiger charge is 2.71. The fourth-order valence-electron chi connectivity index (χ4n) is 16.6. The lowest BCUT2D eigenvalue weighted by Crippen LogP contribution is -2.69. The van der Waals surface area contributed by atoms with E-state index < -0.39 is 154 Å². The lowest BCUT2D eigenvalue weighted by molar-refractivity contribution is -0.369. The Hall–Kier alpha value is -4.66. The van der Waals surface area contributed by atoms with Gasteiger partial charge in [-0.05, 0) is 148 Å². The molecule has 7 aliphatic rings. The zero-order valence-electron chi connectivity index (χ0n) is 56.2. The molecule has 92 heavy (non-hydrogen) atoms. The first-order valence-corrected chi connectivity index (χ1v) is 34.1. The Bertz CT molecular complexity index is 2650. The Kier molecular flexibility index (Phi) is 25.2. The summed E-state index contributed by atoms with van der Waals surface area (Å²) < 4.78 is 47.0. The van der Waals surface area contributed by atoms with E-state index in [0.29, 0.717) is 70.6 Å². The smallest absolute Gasteiger partial charge is 0.328 e. The number of hydrogen-bond acceptors (Lipinski definition) is 21. The molecule has 7 rings (SSSR count). The molecule has 2 saturated heterocycles. The van der Waals surface area contributed by atoms with Gasteiger partial charge in [-0.1, -0.05) is 100 Å². The van der Waals surface area contributed by atoms with E-state index in [1.54, 1.807) is 0 Å². The van der Waals surface area contributed by atoms with Crippen LogP contribution in [0.4, 0.5) is 0 Å². The van der Waals surface area contributed by atoms with Crippen molar-refractivity contribution in [3.05, 3.63) is 11.6 Å². The third-order valence-corrected chi connectivity index (χ3v) is 22.7. The van der Waals surface area contributed by atoms with Gasteiger partial charge in [0.2, 0.25) is 0 Å². The summed E-state index contributed by atoms with van der Waals surface area (Å²) >= 11 is 0. The Morgan fingerprint density at radius 3 is 1.59 bits per heavy atom. The molecule has 0 aromatic rings. The average Bonchev–Trinajstić information content (AvgIpc) is 0.674. The molecule has 8 N–H and O–H groups in total. The topological polar surface area (TPSA) is 356 Å². The Morgan fingerprint density at radius 1 is 0.587 bits per heavy atom. The first-order chi connectivity index (χ1) is 43.3. The fraction of sp³-hybridized carbons (Fsp3) is 0.853. The number of esters is 4. The normalized spacial score (nSPS) is 37.9. The van der Waals surface area contributed by atoms with Gasteiger partial charge >= 0.3 is 29.8 Å². The first-order valence-electron chi connectivity index (χ1n) is 34.1. The zero-order valence-corrected chi connectivity index (χ0v) is 56.2. The van der Waals surface area contributed by atoms with Gasteiger partial charge < -0.3 is 79.2 Å². The molecule has 0 aromatic heterocycles. The van der Waals surface area contributed by atoms with Gasteiger partial charge in [-0.3, -0.25) is 28.8 Å². The summed E-state index contributed by atoms with van der Waals surface area (Å²) in [5.41, 5.74) is -2.42. The molecule has 2 amide bonds. The molecular weight excluding hydrogens is 1200 g/mol. The van der Waals surface area contributed by atoms with Crippen molar-refractivity contribution in [2.24, 2.45) is 50.2 Å². The molecule has 0 aromatic carbocycles. The Balaban J connectivity index is 1.19. The number of ketones is 1. The van der Waals surface area contributed by atoms with Crippen LogP contribution in [-0.4, -0.2) is 184 Å². The molecule has 0 spiro atoms. The second kappa shape index (κ2) is 31.0. The van der Waals surface area contributed by atoms with Crippen molar-refractivity contribution in [2.75, 3.05) is 26.4 Å². The molecule has 5 aliphatic carbocycles. The van der Waals surface area contributed by atoms with Crippen molar-refractivity contribution in [3.8, 4) is 0 Å². The van der Waals surface area contributed by atoms with Crippen LogP contribution in [0.15, 0.2) is 11.6 Å². The summed E-state index contributed by atoms with van der Waals surface area (Å²) in [5, 5.41) is 74.1. The van der Waals surface area contributed by atoms with Gasteiger partial charge in [0.05, 0.1) is 37.9 Å². The van der Waals surface area contributed by atoms with Crippen molar-refractivity contribution in [1.82, 2.24) is 10.6 Å². The fourth-order valence-corrected chi connectivity index (χ4v) is 16.6. The number of unbranched alkanes of at least 4 members (excludes halogenated alkanes) is 4. The minimum Gasteiger partial charge on any atom is -0.481 e. The molecule has 6 unspecified atom stereocenters. The molecule has 522 valence electrons. The second-order valence-electron chi connectivity index (χ2n) is 29.3. The number of amides is 2. The van der Waals surface area contributed by atoms with Crippen LogP contribution < -0.4 is 10.6 Å². The molecule has 4 saturated carbocycles. The zero-order chi connectivity index (χ0) is 67.9. The SMILES string of the molecule is CCCCOC(=O)CCC(NC(=O)[C@H]1O[C@@H](O[C@H]2[C@H](OC3CC[C@@]4(C)C(CC[C@]5(C)C4C(=O)C=C4C6C[C@@](C)(C(=O)O)CC[C@]6(C)CC[C@]45C)C3(C)C)O[C@H](C(=O)NC(CCC(=O)OCCCC)C(=O)OCCCC)[C@@H](O)[C@@H]2O)[C@H](O)[C@@H](O)[C@@H]1O)C(=O)OCCCC. The van der Waals surface area contributed by atoms with Gasteiger partial charge in [0, 0.05) is 18.8 Å². The van der Waals surface area contributed by atoms with Gasteiger partial charge in [-0.2, -0.15) is 0 Å². The summed E-state index contributed by atoms with van der Waals surface area (Å²) in [6, 6.07) is -2.95. The number of carbonyl (C=O) groups excluding carboxylic acids is 7. The number of nitrogens with one attached hydrogen (secondary N) is 2. The molecule has 6 fully saturated rings. The molecule has 2 heterocycles. The number of fused-ring (bicyclic) bond motifs is 7. The third kappa shape index (κ3) is 15.6. The molecule has 0 bridgehead atoms. The Labute approximate surface area is 542 Å². The number of aliphatic hydroxyl groups excluding tert-OH is 5. The summed E-state index contributed by atoms with van der Waals surface area (Å²) in [6.07, 6.45) is -10.5. The van der Waals surface area contributed by atoms with Crippen LogP contribution in [0.25, 0.3) is 0 Å². The molecular formula is C68H108N2O22. The van der Waals surface area contributed by atoms with E-state index in [9.17, 15) is 64.2 Å². The van der Waals surface area contributed by atoms with E-state index in [0.717, 1.165) is 37.7 Å². The quantitative estimate of drug-likeness (QED) is 0.0185. The van der Waals surface area contributed by atoms with Crippen LogP contribution in [-0.2, 0) is 76.3 Å². The van der Waals surface area contributed by atoms with Crippen LogP contribution >= 0.6 is 0 Å². The van der Waals surface area contributed by atoms with E-state index >= 15 is 4.79 Å². The summed E-state index contributed by atoms with van der Waals surface area (Å²) in [4.78, 5) is 109. The van der Waals surface area contributed by atoms with Gasteiger partial charge in [-0.25, -0.2) is 9.59 Å². The maximum atomic E-state index is 15.3. The van der Waals surface area contributed by atoms with Crippen molar-refractivity contribution < 1.29 is 107 Å². The van der Waals surface area contributed by atoms with Crippen LogP contribution in [0.2, 0.25) is 0 Å². The maximum Gasteiger partial charge on any atom is 0.328 e. The number of rotatable bonds is 29. The van der Waals surface area contributed by atoms with E-state index in [-0.39, 0.29) is 81.6 Å². The summed E-state index contributed by atoms with van der Waals surface area (Å²) in [7, 11) is 0. The highest BCUT2D eigenvalue weighted by Crippen LogP contribution is 2.75.